The van der Waals surface area contributed by atoms with Crippen LogP contribution in [0, 0.1) is 28.6 Å². The topological polar surface area (TPSA) is 181 Å². The van der Waals surface area contributed by atoms with Crippen LogP contribution in [0.25, 0.3) is 0 Å². The molecule has 4 aliphatic carbocycles. The van der Waals surface area contributed by atoms with E-state index in [0.717, 1.165) is 25.7 Å². The Morgan fingerprint density at radius 2 is 1.81 bits per heavy atom. The van der Waals surface area contributed by atoms with Crippen molar-refractivity contribution in [3.8, 4) is 0 Å². The number of aliphatic hydroxyl groups excluding tert-OH is 2. The minimum atomic E-state index is -5.39. The summed E-state index contributed by atoms with van der Waals surface area (Å²) >= 11 is 0. The van der Waals surface area contributed by atoms with Gasteiger partial charge in [-0.15, -0.1) is 0 Å². The van der Waals surface area contributed by atoms with Crippen LogP contribution in [0.5, 0.6) is 0 Å². The summed E-state index contributed by atoms with van der Waals surface area (Å²) < 4.78 is 8.55. The van der Waals surface area contributed by atoms with Crippen LogP contribution in [-0.2, 0) is 14.2 Å². The molecule has 0 aromatic heterocycles. The normalized spacial score (nSPS) is 44.3. The van der Waals surface area contributed by atoms with Crippen molar-refractivity contribution in [1.82, 2.24) is 0 Å². The van der Waals surface area contributed by atoms with E-state index in [1.54, 1.807) is 6.08 Å². The van der Waals surface area contributed by atoms with Gasteiger partial charge in [0.05, 0.1) is 6.10 Å². The summed E-state index contributed by atoms with van der Waals surface area (Å²) in [6.45, 7) is 3.46. The lowest BCUT2D eigenvalue weighted by Crippen LogP contribution is -2.62. The number of aliphatic hydroxyl groups is 3. The summed E-state index contributed by atoms with van der Waals surface area (Å²) in [6.07, 6.45) is 5.74. The van der Waals surface area contributed by atoms with Gasteiger partial charge in [-0.3, -0.25) is 9.59 Å². The molecule has 0 saturated heterocycles. The standard InChI is InChI=1S/C21H30O5.H3O4P/c1-19-7-5-13(23)9-12(19)3-4-14-15-6-8-21(26,17(25)11-22)20(15,2)10-16(24)18(14)19;1-5(2,3)4/h9,14-16,18,22,24,26H,3-8,10-11H2,1-2H3;(H3,1,2,3,4)/p-3/t14-,15-,16-,18+,19-,20-,21-;/m0./s1. The van der Waals surface area contributed by atoms with Crippen LogP contribution in [0.2, 0.25) is 0 Å². The summed E-state index contributed by atoms with van der Waals surface area (Å²) in [7, 11) is -5.39. The SMILES string of the molecule is C[C@]12CCC(=O)C=C1CC[C@@H]1[C@@H]2[C@@H](O)C[C@@]2(C)[C@H]1CC[C@]2(O)C(=O)CO.O=P([O-])([O-])[O-]. The lowest BCUT2D eigenvalue weighted by Gasteiger charge is -2.60. The molecule has 0 spiro atoms. The van der Waals surface area contributed by atoms with E-state index in [1.165, 1.54) is 5.57 Å². The molecule has 0 amide bonds. The summed E-state index contributed by atoms with van der Waals surface area (Å²) in [5.41, 5.74) is -1.23. The van der Waals surface area contributed by atoms with Crippen molar-refractivity contribution in [2.24, 2.45) is 28.6 Å². The van der Waals surface area contributed by atoms with E-state index in [-0.39, 0.29) is 29.0 Å². The molecular formula is C21H30O9P-3. The zero-order valence-corrected chi connectivity index (χ0v) is 18.7. The second kappa shape index (κ2) is 8.13. The van der Waals surface area contributed by atoms with Gasteiger partial charge in [0.15, 0.2) is 11.6 Å². The third kappa shape index (κ3) is 4.10. The van der Waals surface area contributed by atoms with Crippen molar-refractivity contribution in [2.45, 2.75) is 70.5 Å². The minimum Gasteiger partial charge on any atom is -0.822 e. The number of hydrogen-bond acceptors (Lipinski definition) is 9. The summed E-state index contributed by atoms with van der Waals surface area (Å²) in [5.74, 6) is 0.140. The molecule has 3 N–H and O–H groups in total. The largest absolute Gasteiger partial charge is 0.822 e. The van der Waals surface area contributed by atoms with Crippen LogP contribution in [0.3, 0.4) is 0 Å². The molecule has 7 atom stereocenters. The second-order valence-corrected chi connectivity index (χ2v) is 10.9. The molecule has 0 aromatic carbocycles. The van der Waals surface area contributed by atoms with Crippen LogP contribution in [0.1, 0.15) is 58.8 Å². The third-order valence-electron chi connectivity index (χ3n) is 8.65. The molecule has 0 radical (unpaired) electrons. The predicted octanol–water partition coefficient (Wildman–Crippen LogP) is -1.04. The Kier molecular flexibility index (Phi) is 6.48. The number of fused-ring (bicyclic) bond motifs is 5. The number of Topliss-reactive ketones (excluding diaryl/α,β-unsaturated/α-hetero) is 1. The highest BCUT2D eigenvalue weighted by Gasteiger charge is 2.68. The molecule has 0 heterocycles. The second-order valence-electron chi connectivity index (χ2n) is 10.0. The summed E-state index contributed by atoms with van der Waals surface area (Å²) in [4.78, 5) is 49.9. The maximum atomic E-state index is 12.4. The lowest BCUT2D eigenvalue weighted by atomic mass is 9.45. The number of ketones is 2. The zero-order valence-electron chi connectivity index (χ0n) is 17.8. The van der Waals surface area contributed by atoms with Gasteiger partial charge in [-0.1, -0.05) is 19.4 Å². The number of allylic oxidation sites excluding steroid dienone is 1. The predicted molar refractivity (Wildman–Crippen MR) is 103 cm³/mol. The van der Waals surface area contributed by atoms with Gasteiger partial charge < -0.3 is 34.6 Å². The Morgan fingerprint density at radius 3 is 2.39 bits per heavy atom. The van der Waals surface area contributed by atoms with Crippen LogP contribution >= 0.6 is 7.82 Å². The summed E-state index contributed by atoms with van der Waals surface area (Å²) in [5, 5.41) is 31.7. The smallest absolute Gasteiger partial charge is 0.190 e. The molecule has 9 nitrogen and oxygen atoms in total. The van der Waals surface area contributed by atoms with Gasteiger partial charge in [0.25, 0.3) is 0 Å². The van der Waals surface area contributed by atoms with Gasteiger partial charge in [0.1, 0.15) is 12.2 Å². The van der Waals surface area contributed by atoms with Crippen LogP contribution in [-0.4, -0.2) is 45.2 Å². The molecule has 0 aliphatic heterocycles. The molecule has 4 aliphatic rings. The van der Waals surface area contributed by atoms with Gasteiger partial charge in [0, 0.05) is 11.8 Å². The molecule has 31 heavy (non-hydrogen) atoms. The number of phosphoric acid groups is 1. The zero-order chi connectivity index (χ0) is 23.4. The van der Waals surface area contributed by atoms with Gasteiger partial charge in [-0.25, -0.2) is 0 Å². The third-order valence-corrected chi connectivity index (χ3v) is 8.65. The van der Waals surface area contributed by atoms with Gasteiger partial charge in [0.2, 0.25) is 0 Å². The highest BCUT2D eigenvalue weighted by atomic mass is 31.2. The molecule has 10 heteroatoms. The average molecular weight is 457 g/mol. The first-order chi connectivity index (χ1) is 14.2. The molecule has 3 fully saturated rings. The van der Waals surface area contributed by atoms with E-state index in [9.17, 15) is 24.9 Å². The molecule has 0 aromatic rings. The highest BCUT2D eigenvalue weighted by Crippen LogP contribution is 2.67. The monoisotopic (exact) mass is 457 g/mol. The van der Waals surface area contributed by atoms with E-state index in [2.05, 4.69) is 6.92 Å². The Morgan fingerprint density at radius 1 is 1.19 bits per heavy atom. The van der Waals surface area contributed by atoms with Crippen LogP contribution < -0.4 is 14.7 Å². The Hall–Kier alpha value is -0.930. The molecule has 176 valence electrons. The number of carbonyl (C=O) groups excluding carboxylic acids is 2. The number of hydrogen-bond donors (Lipinski definition) is 3. The maximum absolute atomic E-state index is 12.4. The van der Waals surface area contributed by atoms with Crippen LogP contribution in [0.15, 0.2) is 11.6 Å². The van der Waals surface area contributed by atoms with Crippen molar-refractivity contribution < 1.29 is 44.2 Å². The first-order valence-electron chi connectivity index (χ1n) is 10.7. The molecule has 0 bridgehead atoms. The molecular weight excluding hydrogens is 427 g/mol. The van der Waals surface area contributed by atoms with Crippen molar-refractivity contribution in [1.29, 1.82) is 0 Å². The van der Waals surface area contributed by atoms with Crippen molar-refractivity contribution >= 4 is 19.4 Å². The van der Waals surface area contributed by atoms with Gasteiger partial charge in [-0.2, -0.15) is 7.82 Å². The molecule has 4 rings (SSSR count). The highest BCUT2D eigenvalue weighted by molar-refractivity contribution is 7.40. The van der Waals surface area contributed by atoms with Crippen molar-refractivity contribution in [3.63, 3.8) is 0 Å². The fourth-order valence-electron chi connectivity index (χ4n) is 7.28. The van der Waals surface area contributed by atoms with Gasteiger partial charge in [-0.05, 0) is 67.8 Å². The number of carbonyl (C=O) groups is 2. The lowest BCUT2D eigenvalue weighted by molar-refractivity contribution is -0.432. The van der Waals surface area contributed by atoms with Crippen LogP contribution in [0.4, 0.5) is 0 Å². The fraction of sp³-hybridized carbons (Fsp3) is 0.810. The van der Waals surface area contributed by atoms with Gasteiger partial charge >= 0.3 is 0 Å². The Bertz CT molecular complexity index is 826. The van der Waals surface area contributed by atoms with E-state index in [0.29, 0.717) is 19.3 Å². The summed E-state index contributed by atoms with van der Waals surface area (Å²) in [6, 6.07) is 0. The quantitative estimate of drug-likeness (QED) is 0.436. The first-order valence-corrected chi connectivity index (χ1v) is 12.1. The fourth-order valence-corrected chi connectivity index (χ4v) is 7.28. The number of rotatable bonds is 2. The average Bonchev–Trinajstić information content (AvgIpc) is 2.91. The van der Waals surface area contributed by atoms with Crippen molar-refractivity contribution in [2.75, 3.05) is 6.61 Å². The van der Waals surface area contributed by atoms with E-state index in [1.807, 2.05) is 6.92 Å². The first kappa shape index (κ1) is 24.7. The van der Waals surface area contributed by atoms with E-state index < -0.39 is 37.3 Å². The maximum Gasteiger partial charge on any atom is 0.190 e. The van der Waals surface area contributed by atoms with E-state index >= 15 is 0 Å². The Labute approximate surface area is 181 Å². The minimum absolute atomic E-state index is 0.0697. The Balaban J connectivity index is 0.000000491. The molecule has 3 saturated carbocycles. The van der Waals surface area contributed by atoms with E-state index in [4.69, 9.17) is 19.2 Å². The van der Waals surface area contributed by atoms with Crippen molar-refractivity contribution in [3.05, 3.63) is 11.6 Å². The molecule has 0 unspecified atom stereocenters.